The van der Waals surface area contributed by atoms with Crippen molar-refractivity contribution < 1.29 is 18.7 Å². The number of hydrogen-bond donors (Lipinski definition) is 2. The molecule has 0 saturated heterocycles. The summed E-state index contributed by atoms with van der Waals surface area (Å²) in [7, 11) is 0. The minimum atomic E-state index is -0.992. The van der Waals surface area contributed by atoms with Crippen LogP contribution in [-0.2, 0) is 0 Å². The summed E-state index contributed by atoms with van der Waals surface area (Å²) >= 11 is 5.63. The molecule has 0 aromatic heterocycles. The minimum Gasteiger partial charge on any atom is -0.506 e. The molecule has 0 atom stereocenters. The van der Waals surface area contributed by atoms with Gasteiger partial charge in [-0.15, -0.1) is 0 Å². The highest BCUT2D eigenvalue weighted by Crippen LogP contribution is 2.27. The van der Waals surface area contributed by atoms with Gasteiger partial charge in [0.2, 0.25) is 0 Å². The van der Waals surface area contributed by atoms with Gasteiger partial charge in [-0.1, -0.05) is 17.7 Å². The number of carbonyl (C=O) groups excluding carboxylic acids is 1. The summed E-state index contributed by atoms with van der Waals surface area (Å²) in [5.41, 5.74) is -0.700. The molecule has 19 heavy (non-hydrogen) atoms. The van der Waals surface area contributed by atoms with Crippen LogP contribution in [0.4, 0.5) is 14.5 Å². The van der Waals surface area contributed by atoms with Gasteiger partial charge in [-0.2, -0.15) is 0 Å². The molecule has 2 aromatic rings. The van der Waals surface area contributed by atoms with Crippen molar-refractivity contribution >= 4 is 23.2 Å². The van der Waals surface area contributed by atoms with Crippen LogP contribution in [0.5, 0.6) is 5.75 Å². The standard InChI is InChI=1S/C13H8ClF2NO2/c14-7-4-5-10(11(18)6-7)17-13(19)12-8(15)2-1-3-9(12)16/h1-6,18H,(H,17,19). The van der Waals surface area contributed by atoms with Gasteiger partial charge in [0.15, 0.2) is 0 Å². The maximum absolute atomic E-state index is 13.4. The first kappa shape index (κ1) is 13.3. The summed E-state index contributed by atoms with van der Waals surface area (Å²) in [5, 5.41) is 12.0. The summed E-state index contributed by atoms with van der Waals surface area (Å²) in [6, 6.07) is 7.05. The Labute approximate surface area is 112 Å². The van der Waals surface area contributed by atoms with Gasteiger partial charge < -0.3 is 10.4 Å². The Morgan fingerprint density at radius 1 is 1.16 bits per heavy atom. The molecule has 0 aliphatic rings. The van der Waals surface area contributed by atoms with Crippen LogP contribution in [0.25, 0.3) is 0 Å². The van der Waals surface area contributed by atoms with Gasteiger partial charge in [0.25, 0.3) is 5.91 Å². The summed E-state index contributed by atoms with van der Waals surface area (Å²) in [6.07, 6.45) is 0. The van der Waals surface area contributed by atoms with Crippen molar-refractivity contribution in [3.05, 3.63) is 58.6 Å². The summed E-state index contributed by atoms with van der Waals surface area (Å²) < 4.78 is 26.8. The zero-order valence-corrected chi connectivity index (χ0v) is 10.2. The third-order valence-electron chi connectivity index (χ3n) is 2.40. The number of carbonyl (C=O) groups is 1. The van der Waals surface area contributed by atoms with Crippen LogP contribution >= 0.6 is 11.6 Å². The average Bonchev–Trinajstić information content (AvgIpc) is 2.32. The maximum Gasteiger partial charge on any atom is 0.261 e. The van der Waals surface area contributed by atoms with E-state index in [0.717, 1.165) is 18.2 Å². The predicted octanol–water partition coefficient (Wildman–Crippen LogP) is 3.58. The highest BCUT2D eigenvalue weighted by molar-refractivity contribution is 6.30. The number of anilines is 1. The first-order chi connectivity index (χ1) is 8.99. The highest BCUT2D eigenvalue weighted by atomic mass is 35.5. The fraction of sp³-hybridized carbons (Fsp3) is 0. The van der Waals surface area contributed by atoms with E-state index in [4.69, 9.17) is 11.6 Å². The second-order valence-corrected chi connectivity index (χ2v) is 4.15. The van der Waals surface area contributed by atoms with Crippen molar-refractivity contribution in [3.63, 3.8) is 0 Å². The van der Waals surface area contributed by atoms with E-state index in [1.54, 1.807) is 0 Å². The van der Waals surface area contributed by atoms with Gasteiger partial charge >= 0.3 is 0 Å². The quantitative estimate of drug-likeness (QED) is 0.828. The van der Waals surface area contributed by atoms with Gasteiger partial charge in [0.1, 0.15) is 22.9 Å². The summed E-state index contributed by atoms with van der Waals surface area (Å²) in [5.74, 6) is -3.25. The van der Waals surface area contributed by atoms with Gasteiger partial charge in [0.05, 0.1) is 5.69 Å². The maximum atomic E-state index is 13.4. The fourth-order valence-electron chi connectivity index (χ4n) is 1.51. The first-order valence-corrected chi connectivity index (χ1v) is 5.60. The number of amides is 1. The van der Waals surface area contributed by atoms with E-state index in [1.807, 2.05) is 0 Å². The Morgan fingerprint density at radius 3 is 2.37 bits per heavy atom. The van der Waals surface area contributed by atoms with E-state index in [0.29, 0.717) is 0 Å². The summed E-state index contributed by atoms with van der Waals surface area (Å²) in [6.45, 7) is 0. The normalized spacial score (nSPS) is 10.3. The lowest BCUT2D eigenvalue weighted by Gasteiger charge is -2.08. The van der Waals surface area contributed by atoms with Crippen molar-refractivity contribution in [1.29, 1.82) is 0 Å². The Hall–Kier alpha value is -2.14. The van der Waals surface area contributed by atoms with E-state index < -0.39 is 23.1 Å². The number of hydrogen-bond acceptors (Lipinski definition) is 2. The largest absolute Gasteiger partial charge is 0.506 e. The van der Waals surface area contributed by atoms with Crippen molar-refractivity contribution in [2.24, 2.45) is 0 Å². The fourth-order valence-corrected chi connectivity index (χ4v) is 1.68. The zero-order valence-electron chi connectivity index (χ0n) is 9.45. The molecule has 2 rings (SSSR count). The van der Waals surface area contributed by atoms with Crippen LogP contribution in [0.3, 0.4) is 0 Å². The lowest BCUT2D eigenvalue weighted by molar-refractivity contribution is 0.101. The second-order valence-electron chi connectivity index (χ2n) is 3.71. The molecule has 0 saturated carbocycles. The zero-order chi connectivity index (χ0) is 14.0. The van der Waals surface area contributed by atoms with E-state index in [-0.39, 0.29) is 16.5 Å². The molecule has 0 radical (unpaired) electrons. The van der Waals surface area contributed by atoms with Gasteiger partial charge in [0, 0.05) is 11.1 Å². The van der Waals surface area contributed by atoms with Crippen LogP contribution in [-0.4, -0.2) is 11.0 Å². The average molecular weight is 284 g/mol. The number of halogens is 3. The molecule has 6 heteroatoms. The van der Waals surface area contributed by atoms with Crippen LogP contribution in [0, 0.1) is 11.6 Å². The summed E-state index contributed by atoms with van der Waals surface area (Å²) in [4.78, 5) is 11.8. The Balaban J connectivity index is 2.31. The lowest BCUT2D eigenvalue weighted by Crippen LogP contribution is -2.15. The smallest absolute Gasteiger partial charge is 0.261 e. The number of nitrogens with one attached hydrogen (secondary N) is 1. The van der Waals surface area contributed by atoms with Crippen LogP contribution < -0.4 is 5.32 Å². The SMILES string of the molecule is O=C(Nc1ccc(Cl)cc1O)c1c(F)cccc1F. The van der Waals surface area contributed by atoms with Crippen molar-refractivity contribution in [2.75, 3.05) is 5.32 Å². The van der Waals surface area contributed by atoms with Crippen molar-refractivity contribution in [1.82, 2.24) is 0 Å². The van der Waals surface area contributed by atoms with Crippen molar-refractivity contribution in [2.45, 2.75) is 0 Å². The van der Waals surface area contributed by atoms with Gasteiger partial charge in [-0.05, 0) is 24.3 Å². The molecule has 0 fully saturated rings. The Bertz CT molecular complexity index is 626. The van der Waals surface area contributed by atoms with E-state index >= 15 is 0 Å². The molecule has 98 valence electrons. The van der Waals surface area contributed by atoms with Gasteiger partial charge in [-0.25, -0.2) is 8.78 Å². The number of benzene rings is 2. The van der Waals surface area contributed by atoms with Crippen molar-refractivity contribution in [3.8, 4) is 5.75 Å². The Kier molecular flexibility index (Phi) is 3.66. The molecular weight excluding hydrogens is 276 g/mol. The molecule has 1 amide bonds. The molecule has 0 bridgehead atoms. The molecule has 3 nitrogen and oxygen atoms in total. The predicted molar refractivity (Wildman–Crippen MR) is 67.4 cm³/mol. The number of phenols is 1. The topological polar surface area (TPSA) is 49.3 Å². The third-order valence-corrected chi connectivity index (χ3v) is 2.63. The molecule has 0 aliphatic heterocycles. The number of phenolic OH excluding ortho intramolecular Hbond substituents is 1. The first-order valence-electron chi connectivity index (χ1n) is 5.23. The minimum absolute atomic E-state index is 0.0112. The molecule has 0 heterocycles. The molecule has 0 unspecified atom stereocenters. The molecule has 2 aromatic carbocycles. The Morgan fingerprint density at radius 2 is 1.79 bits per heavy atom. The van der Waals surface area contributed by atoms with E-state index in [2.05, 4.69) is 5.32 Å². The highest BCUT2D eigenvalue weighted by Gasteiger charge is 2.18. The molecule has 0 spiro atoms. The number of rotatable bonds is 2. The second kappa shape index (κ2) is 5.24. The van der Waals surface area contributed by atoms with Gasteiger partial charge in [-0.3, -0.25) is 4.79 Å². The third kappa shape index (κ3) is 2.82. The molecule has 0 aliphatic carbocycles. The lowest BCUT2D eigenvalue weighted by atomic mass is 10.1. The monoisotopic (exact) mass is 283 g/mol. The van der Waals surface area contributed by atoms with E-state index in [9.17, 15) is 18.7 Å². The van der Waals surface area contributed by atoms with Crippen LogP contribution in [0.15, 0.2) is 36.4 Å². The number of aromatic hydroxyl groups is 1. The van der Waals surface area contributed by atoms with E-state index in [1.165, 1.54) is 18.2 Å². The van der Waals surface area contributed by atoms with Crippen LogP contribution in [0.2, 0.25) is 5.02 Å². The molecular formula is C13H8ClF2NO2. The molecule has 2 N–H and O–H groups in total. The van der Waals surface area contributed by atoms with Crippen LogP contribution in [0.1, 0.15) is 10.4 Å².